The van der Waals surface area contributed by atoms with Crippen molar-refractivity contribution in [1.82, 2.24) is 29.6 Å². The Labute approximate surface area is 146 Å². The highest BCUT2D eigenvalue weighted by Crippen LogP contribution is 2.16. The molecule has 128 valence electrons. The summed E-state index contributed by atoms with van der Waals surface area (Å²) in [6.45, 7) is 6.35. The zero-order valence-corrected chi connectivity index (χ0v) is 14.3. The lowest BCUT2D eigenvalue weighted by molar-refractivity contribution is 0.203. The van der Waals surface area contributed by atoms with E-state index in [9.17, 15) is 0 Å². The predicted octanol–water partition coefficient (Wildman–Crippen LogP) is 2.00. The largest absolute Gasteiger partial charge is 0.363 e. The van der Waals surface area contributed by atoms with E-state index in [1.165, 1.54) is 5.69 Å². The van der Waals surface area contributed by atoms with Gasteiger partial charge in [0.05, 0.1) is 36.4 Å². The predicted molar refractivity (Wildman–Crippen MR) is 94.7 cm³/mol. The van der Waals surface area contributed by atoms with Gasteiger partial charge < -0.3 is 5.32 Å². The molecule has 0 atom stereocenters. The summed E-state index contributed by atoms with van der Waals surface area (Å²) >= 11 is 0. The van der Waals surface area contributed by atoms with Gasteiger partial charge in [-0.1, -0.05) is 6.07 Å². The van der Waals surface area contributed by atoms with E-state index in [4.69, 9.17) is 0 Å². The van der Waals surface area contributed by atoms with E-state index in [2.05, 4.69) is 53.1 Å². The number of fused-ring (bicyclic) bond motifs is 1. The molecule has 1 aliphatic rings. The molecule has 0 fully saturated rings. The molecule has 4 rings (SSSR count). The van der Waals surface area contributed by atoms with Gasteiger partial charge in [0.1, 0.15) is 5.82 Å². The van der Waals surface area contributed by atoms with Crippen molar-refractivity contribution in [2.24, 2.45) is 0 Å². The molecule has 4 heterocycles. The molecule has 7 heteroatoms. The van der Waals surface area contributed by atoms with Crippen molar-refractivity contribution >= 4 is 5.82 Å². The highest BCUT2D eigenvalue weighted by Gasteiger charge is 2.18. The number of nitrogens with zero attached hydrogens (tertiary/aromatic N) is 6. The van der Waals surface area contributed by atoms with Gasteiger partial charge in [-0.25, -0.2) is 4.98 Å². The lowest BCUT2D eigenvalue weighted by atomic mass is 10.2. The van der Waals surface area contributed by atoms with E-state index in [0.717, 1.165) is 49.1 Å². The second kappa shape index (κ2) is 6.98. The fourth-order valence-corrected chi connectivity index (χ4v) is 3.09. The van der Waals surface area contributed by atoms with Crippen LogP contribution in [0.4, 0.5) is 5.82 Å². The second-order valence-corrected chi connectivity index (χ2v) is 6.28. The molecule has 0 bridgehead atoms. The normalized spacial score (nSPS) is 14.3. The minimum absolute atomic E-state index is 0.651. The molecule has 7 nitrogen and oxygen atoms in total. The molecule has 3 aromatic heterocycles. The lowest BCUT2D eigenvalue weighted by Gasteiger charge is -2.27. The molecule has 3 aromatic rings. The molecule has 0 saturated heterocycles. The Hall–Kier alpha value is -2.80. The third-order valence-electron chi connectivity index (χ3n) is 4.27. The Morgan fingerprint density at radius 3 is 2.96 bits per heavy atom. The number of rotatable bonds is 5. The van der Waals surface area contributed by atoms with Crippen molar-refractivity contribution in [3.8, 4) is 0 Å². The maximum atomic E-state index is 4.69. The summed E-state index contributed by atoms with van der Waals surface area (Å²) in [4.78, 5) is 15.3. The molecule has 0 saturated carbocycles. The Bertz CT molecular complexity index is 844. The van der Waals surface area contributed by atoms with Gasteiger partial charge in [-0.2, -0.15) is 5.10 Å². The Balaban J connectivity index is 1.39. The fraction of sp³-hybridized carbons (Fsp3) is 0.333. The minimum Gasteiger partial charge on any atom is -0.363 e. The topological polar surface area (TPSA) is 71.8 Å². The number of aromatic nitrogens is 5. The molecule has 0 aliphatic carbocycles. The van der Waals surface area contributed by atoms with Crippen LogP contribution in [0.5, 0.6) is 0 Å². The average molecular weight is 335 g/mol. The first-order valence-corrected chi connectivity index (χ1v) is 8.47. The van der Waals surface area contributed by atoms with Gasteiger partial charge in [0, 0.05) is 37.7 Å². The van der Waals surface area contributed by atoms with Crippen molar-refractivity contribution in [2.45, 2.75) is 33.1 Å². The van der Waals surface area contributed by atoms with Crippen molar-refractivity contribution in [2.75, 3.05) is 11.9 Å². The van der Waals surface area contributed by atoms with Crippen LogP contribution in [0.25, 0.3) is 0 Å². The van der Waals surface area contributed by atoms with E-state index in [1.807, 2.05) is 13.0 Å². The Morgan fingerprint density at radius 1 is 1.16 bits per heavy atom. The number of anilines is 1. The van der Waals surface area contributed by atoms with E-state index in [-0.39, 0.29) is 0 Å². The molecule has 0 amide bonds. The van der Waals surface area contributed by atoms with Crippen molar-refractivity contribution in [1.29, 1.82) is 0 Å². The number of pyridine rings is 1. The summed E-state index contributed by atoms with van der Waals surface area (Å²) in [6, 6.07) is 8.36. The van der Waals surface area contributed by atoms with Crippen molar-refractivity contribution in [3.63, 3.8) is 0 Å². The molecular weight excluding hydrogens is 314 g/mol. The summed E-state index contributed by atoms with van der Waals surface area (Å²) in [7, 11) is 0. The van der Waals surface area contributed by atoms with Gasteiger partial charge in [-0.15, -0.1) is 0 Å². The van der Waals surface area contributed by atoms with Gasteiger partial charge in [-0.3, -0.25) is 19.5 Å². The molecule has 0 aromatic carbocycles. The summed E-state index contributed by atoms with van der Waals surface area (Å²) in [6.07, 6.45) is 5.06. The first kappa shape index (κ1) is 15.7. The zero-order chi connectivity index (χ0) is 17.1. The third kappa shape index (κ3) is 3.83. The van der Waals surface area contributed by atoms with Crippen LogP contribution >= 0.6 is 0 Å². The van der Waals surface area contributed by atoms with Gasteiger partial charge in [0.15, 0.2) is 0 Å². The van der Waals surface area contributed by atoms with Crippen LogP contribution in [0, 0.1) is 6.92 Å². The number of hydrogen-bond acceptors (Lipinski definition) is 6. The maximum absolute atomic E-state index is 4.69. The van der Waals surface area contributed by atoms with Crippen molar-refractivity contribution < 1.29 is 0 Å². The van der Waals surface area contributed by atoms with Crippen LogP contribution in [0.3, 0.4) is 0 Å². The first-order chi connectivity index (χ1) is 12.3. The van der Waals surface area contributed by atoms with Gasteiger partial charge in [-0.05, 0) is 25.1 Å². The number of nitrogens with one attached hydrogen (secondary N) is 1. The van der Waals surface area contributed by atoms with E-state index >= 15 is 0 Å². The Morgan fingerprint density at radius 2 is 2.12 bits per heavy atom. The van der Waals surface area contributed by atoms with Crippen LogP contribution in [0.2, 0.25) is 0 Å². The van der Waals surface area contributed by atoms with E-state index in [0.29, 0.717) is 6.54 Å². The SMILES string of the molecule is Cc1cccc(CN2CCn3nc(CNc4cnccn4)cc3C2)n1. The fourth-order valence-electron chi connectivity index (χ4n) is 3.09. The monoisotopic (exact) mass is 335 g/mol. The van der Waals surface area contributed by atoms with Gasteiger partial charge >= 0.3 is 0 Å². The van der Waals surface area contributed by atoms with Gasteiger partial charge in [0.2, 0.25) is 0 Å². The molecular formula is C18H21N7. The molecule has 0 radical (unpaired) electrons. The lowest BCUT2D eigenvalue weighted by Crippen LogP contribution is -2.33. The molecule has 0 spiro atoms. The molecule has 1 N–H and O–H groups in total. The zero-order valence-electron chi connectivity index (χ0n) is 14.3. The maximum Gasteiger partial charge on any atom is 0.144 e. The molecule has 1 aliphatic heterocycles. The van der Waals surface area contributed by atoms with Crippen LogP contribution in [0.1, 0.15) is 22.8 Å². The second-order valence-electron chi connectivity index (χ2n) is 6.28. The van der Waals surface area contributed by atoms with Crippen LogP contribution in [0.15, 0.2) is 42.9 Å². The summed E-state index contributed by atoms with van der Waals surface area (Å²) in [5.74, 6) is 0.764. The third-order valence-corrected chi connectivity index (χ3v) is 4.27. The van der Waals surface area contributed by atoms with E-state index < -0.39 is 0 Å². The van der Waals surface area contributed by atoms with Crippen molar-refractivity contribution in [3.05, 3.63) is 65.6 Å². The summed E-state index contributed by atoms with van der Waals surface area (Å²) in [5, 5.41) is 7.94. The quantitative estimate of drug-likeness (QED) is 0.769. The highest BCUT2D eigenvalue weighted by atomic mass is 15.3. The highest BCUT2D eigenvalue weighted by molar-refractivity contribution is 5.31. The van der Waals surface area contributed by atoms with Crippen LogP contribution in [-0.2, 0) is 26.2 Å². The first-order valence-electron chi connectivity index (χ1n) is 8.47. The standard InChI is InChI=1S/C18H21N7/c1-14-3-2-4-15(22-14)12-24-7-8-25-17(13-24)9-16(23-25)10-21-18-11-19-5-6-20-18/h2-6,9,11H,7-8,10,12-13H2,1H3,(H,20,21). The van der Waals surface area contributed by atoms with Crippen LogP contribution in [-0.4, -0.2) is 36.2 Å². The average Bonchev–Trinajstić information content (AvgIpc) is 3.03. The van der Waals surface area contributed by atoms with Gasteiger partial charge in [0.25, 0.3) is 0 Å². The smallest absolute Gasteiger partial charge is 0.144 e. The molecule has 25 heavy (non-hydrogen) atoms. The number of hydrogen-bond donors (Lipinski definition) is 1. The van der Waals surface area contributed by atoms with Crippen LogP contribution < -0.4 is 5.32 Å². The van der Waals surface area contributed by atoms with E-state index in [1.54, 1.807) is 18.6 Å². The summed E-state index contributed by atoms with van der Waals surface area (Å²) < 4.78 is 2.11. The summed E-state index contributed by atoms with van der Waals surface area (Å²) in [5.41, 5.74) is 4.46. The Kier molecular flexibility index (Phi) is 4.39. The molecule has 0 unspecified atom stereocenters. The number of aryl methyl sites for hydroxylation is 1. The minimum atomic E-state index is 0.651.